The van der Waals surface area contributed by atoms with Gasteiger partial charge in [0.15, 0.2) is 11.5 Å². The standard InChI is InChI=1S/C23H33N3O3/c1-17(2)29-22-15-19(9-10-21(22)28-4)16-26(20-7-5-6-8-20)23(27)12-14-25-13-11-18(3)24-25/h9-11,13,15,17,20H,5-8,12,14,16H2,1-4H3. The maximum absolute atomic E-state index is 13.1. The highest BCUT2D eigenvalue weighted by Crippen LogP contribution is 2.31. The van der Waals surface area contributed by atoms with Crippen molar-refractivity contribution in [3.8, 4) is 11.5 Å². The first kappa shape index (κ1) is 21.2. The number of rotatable bonds is 9. The van der Waals surface area contributed by atoms with Gasteiger partial charge in [0.05, 0.1) is 18.9 Å². The molecule has 6 heteroatoms. The summed E-state index contributed by atoms with van der Waals surface area (Å²) < 4.78 is 13.2. The van der Waals surface area contributed by atoms with Crippen molar-refractivity contribution >= 4 is 5.91 Å². The largest absolute Gasteiger partial charge is 0.493 e. The summed E-state index contributed by atoms with van der Waals surface area (Å²) in [5.74, 6) is 1.63. The van der Waals surface area contributed by atoms with Crippen LogP contribution in [0.1, 0.15) is 57.2 Å². The molecule has 0 unspecified atom stereocenters. The lowest BCUT2D eigenvalue weighted by atomic mass is 10.1. The number of amides is 1. The molecule has 1 amide bonds. The van der Waals surface area contributed by atoms with Crippen molar-refractivity contribution in [1.82, 2.24) is 14.7 Å². The van der Waals surface area contributed by atoms with Gasteiger partial charge in [0.1, 0.15) is 0 Å². The molecule has 1 aliphatic carbocycles. The predicted molar refractivity (Wildman–Crippen MR) is 113 cm³/mol. The molecule has 2 aromatic rings. The fourth-order valence-corrected chi connectivity index (χ4v) is 3.94. The third-order valence-corrected chi connectivity index (χ3v) is 5.36. The lowest BCUT2D eigenvalue weighted by molar-refractivity contribution is -0.134. The van der Waals surface area contributed by atoms with Crippen LogP contribution in [-0.2, 0) is 17.9 Å². The predicted octanol–water partition coefficient (Wildman–Crippen LogP) is 4.35. The molecule has 0 atom stereocenters. The molecule has 1 heterocycles. The summed E-state index contributed by atoms with van der Waals surface area (Å²) in [6, 6.07) is 8.24. The van der Waals surface area contributed by atoms with Gasteiger partial charge in [0, 0.05) is 31.7 Å². The van der Waals surface area contributed by atoms with Gasteiger partial charge in [-0.05, 0) is 57.4 Å². The fraction of sp³-hybridized carbons (Fsp3) is 0.565. The fourth-order valence-electron chi connectivity index (χ4n) is 3.94. The number of hydrogen-bond donors (Lipinski definition) is 0. The topological polar surface area (TPSA) is 56.6 Å². The Hall–Kier alpha value is -2.50. The number of aryl methyl sites for hydroxylation is 2. The van der Waals surface area contributed by atoms with Gasteiger partial charge in [-0.3, -0.25) is 9.48 Å². The molecule has 158 valence electrons. The Bertz CT molecular complexity index is 809. The summed E-state index contributed by atoms with van der Waals surface area (Å²) in [4.78, 5) is 15.2. The maximum atomic E-state index is 13.1. The van der Waals surface area contributed by atoms with Crippen molar-refractivity contribution in [3.05, 3.63) is 41.7 Å². The Kier molecular flexibility index (Phi) is 7.18. The number of ether oxygens (including phenoxy) is 2. The first-order chi connectivity index (χ1) is 14.0. The number of methoxy groups -OCH3 is 1. The Balaban J connectivity index is 1.73. The van der Waals surface area contributed by atoms with E-state index in [1.807, 2.05) is 55.9 Å². The minimum absolute atomic E-state index is 0.0595. The van der Waals surface area contributed by atoms with Crippen LogP contribution in [0.3, 0.4) is 0 Å². The van der Waals surface area contributed by atoms with Crippen molar-refractivity contribution in [2.24, 2.45) is 0 Å². The molecular formula is C23H33N3O3. The van der Waals surface area contributed by atoms with Gasteiger partial charge in [-0.15, -0.1) is 0 Å². The zero-order valence-electron chi connectivity index (χ0n) is 18.1. The van der Waals surface area contributed by atoms with Crippen LogP contribution < -0.4 is 9.47 Å². The van der Waals surface area contributed by atoms with Crippen LogP contribution in [0.2, 0.25) is 0 Å². The lowest BCUT2D eigenvalue weighted by Crippen LogP contribution is -2.38. The first-order valence-electron chi connectivity index (χ1n) is 10.6. The molecule has 1 saturated carbocycles. The van der Waals surface area contributed by atoms with Crippen LogP contribution in [0.5, 0.6) is 11.5 Å². The van der Waals surface area contributed by atoms with Gasteiger partial charge in [-0.2, -0.15) is 5.10 Å². The molecular weight excluding hydrogens is 366 g/mol. The smallest absolute Gasteiger partial charge is 0.224 e. The molecule has 3 rings (SSSR count). The molecule has 29 heavy (non-hydrogen) atoms. The van der Waals surface area contributed by atoms with E-state index in [-0.39, 0.29) is 12.0 Å². The van der Waals surface area contributed by atoms with Crippen LogP contribution in [-0.4, -0.2) is 39.8 Å². The van der Waals surface area contributed by atoms with E-state index in [2.05, 4.69) is 10.00 Å². The number of hydrogen-bond acceptors (Lipinski definition) is 4. The highest BCUT2D eigenvalue weighted by atomic mass is 16.5. The van der Waals surface area contributed by atoms with Gasteiger partial charge >= 0.3 is 0 Å². The number of benzene rings is 1. The Labute approximate surface area is 173 Å². The second kappa shape index (κ2) is 9.81. The van der Waals surface area contributed by atoms with Crippen LogP contribution in [0.25, 0.3) is 0 Å². The van der Waals surface area contributed by atoms with Gasteiger partial charge in [-0.1, -0.05) is 18.9 Å². The zero-order valence-corrected chi connectivity index (χ0v) is 18.1. The highest BCUT2D eigenvalue weighted by Gasteiger charge is 2.27. The molecule has 0 bridgehead atoms. The van der Waals surface area contributed by atoms with Gasteiger partial charge in [-0.25, -0.2) is 0 Å². The Morgan fingerprint density at radius 3 is 2.62 bits per heavy atom. The number of nitrogens with zero attached hydrogens (tertiary/aromatic N) is 3. The van der Waals surface area contributed by atoms with E-state index in [4.69, 9.17) is 9.47 Å². The molecule has 0 aliphatic heterocycles. The Morgan fingerprint density at radius 1 is 1.24 bits per heavy atom. The third kappa shape index (κ3) is 5.75. The summed E-state index contributed by atoms with van der Waals surface area (Å²) in [5.41, 5.74) is 2.04. The van der Waals surface area contributed by atoms with E-state index in [9.17, 15) is 4.79 Å². The van der Waals surface area contributed by atoms with Crippen LogP contribution in [0.4, 0.5) is 0 Å². The zero-order chi connectivity index (χ0) is 20.8. The highest BCUT2D eigenvalue weighted by molar-refractivity contribution is 5.76. The quantitative estimate of drug-likeness (QED) is 0.629. The summed E-state index contributed by atoms with van der Waals surface area (Å²) in [6.07, 6.45) is 7.00. The minimum atomic E-state index is 0.0595. The molecule has 1 aromatic carbocycles. The molecule has 1 aromatic heterocycles. The second-order valence-electron chi connectivity index (χ2n) is 8.08. The summed E-state index contributed by atoms with van der Waals surface area (Å²) in [6.45, 7) is 7.17. The number of carbonyl (C=O) groups excluding carboxylic acids is 1. The van der Waals surface area contributed by atoms with E-state index in [1.54, 1.807) is 7.11 Å². The average Bonchev–Trinajstić information content (AvgIpc) is 3.35. The van der Waals surface area contributed by atoms with Gasteiger partial charge < -0.3 is 14.4 Å². The van der Waals surface area contributed by atoms with Crippen LogP contribution in [0, 0.1) is 6.92 Å². The van der Waals surface area contributed by atoms with E-state index in [0.29, 0.717) is 25.6 Å². The summed E-state index contributed by atoms with van der Waals surface area (Å²) in [7, 11) is 1.65. The van der Waals surface area contributed by atoms with Crippen LogP contribution in [0.15, 0.2) is 30.5 Å². The van der Waals surface area contributed by atoms with E-state index in [0.717, 1.165) is 35.6 Å². The van der Waals surface area contributed by atoms with Crippen molar-refractivity contribution in [1.29, 1.82) is 0 Å². The molecule has 0 radical (unpaired) electrons. The average molecular weight is 400 g/mol. The summed E-state index contributed by atoms with van der Waals surface area (Å²) >= 11 is 0. The van der Waals surface area contributed by atoms with Gasteiger partial charge in [0.25, 0.3) is 0 Å². The SMILES string of the molecule is COc1ccc(CN(C(=O)CCn2ccc(C)n2)C2CCCC2)cc1OC(C)C. The molecule has 0 spiro atoms. The molecule has 0 N–H and O–H groups in total. The molecule has 1 fully saturated rings. The molecule has 0 saturated heterocycles. The van der Waals surface area contributed by atoms with Crippen molar-refractivity contribution in [2.75, 3.05) is 7.11 Å². The van der Waals surface area contributed by atoms with Crippen molar-refractivity contribution < 1.29 is 14.3 Å². The lowest BCUT2D eigenvalue weighted by Gasteiger charge is -2.29. The molecule has 1 aliphatic rings. The monoisotopic (exact) mass is 399 g/mol. The van der Waals surface area contributed by atoms with E-state index >= 15 is 0 Å². The number of carbonyl (C=O) groups is 1. The minimum Gasteiger partial charge on any atom is -0.493 e. The van der Waals surface area contributed by atoms with Gasteiger partial charge in [0.2, 0.25) is 5.91 Å². The van der Waals surface area contributed by atoms with E-state index in [1.165, 1.54) is 12.8 Å². The maximum Gasteiger partial charge on any atom is 0.224 e. The Morgan fingerprint density at radius 2 is 2.00 bits per heavy atom. The third-order valence-electron chi connectivity index (χ3n) is 5.36. The van der Waals surface area contributed by atoms with Crippen LogP contribution >= 0.6 is 0 Å². The summed E-state index contributed by atoms with van der Waals surface area (Å²) in [5, 5.41) is 4.40. The molecule has 6 nitrogen and oxygen atoms in total. The number of aromatic nitrogens is 2. The second-order valence-corrected chi connectivity index (χ2v) is 8.08. The van der Waals surface area contributed by atoms with E-state index < -0.39 is 0 Å². The first-order valence-corrected chi connectivity index (χ1v) is 10.6. The van der Waals surface area contributed by atoms with Crippen molar-refractivity contribution in [2.45, 2.75) is 78.1 Å². The van der Waals surface area contributed by atoms with Crippen molar-refractivity contribution in [3.63, 3.8) is 0 Å². The normalized spacial score (nSPS) is 14.4.